The molecule has 1 aliphatic heterocycles. The number of carbonyl (C=O) groups excluding carboxylic acids is 1. The lowest BCUT2D eigenvalue weighted by atomic mass is 10.1. The van der Waals surface area contributed by atoms with Crippen LogP contribution in [-0.4, -0.2) is 43.2 Å². The quantitative estimate of drug-likeness (QED) is 0.787. The molecule has 104 valence electrons. The highest BCUT2D eigenvalue weighted by molar-refractivity contribution is 5.75. The van der Waals surface area contributed by atoms with E-state index in [2.05, 4.69) is 22.3 Å². The second kappa shape index (κ2) is 6.68. The lowest BCUT2D eigenvalue weighted by Crippen LogP contribution is -2.53. The molecule has 1 aromatic carbocycles. The molecule has 2 rings (SSSR count). The molecule has 1 aliphatic rings. The van der Waals surface area contributed by atoms with Crippen LogP contribution in [0.25, 0.3) is 0 Å². The lowest BCUT2D eigenvalue weighted by molar-refractivity contribution is -0.146. The average molecular weight is 262 g/mol. The van der Waals surface area contributed by atoms with Crippen LogP contribution in [0.4, 0.5) is 0 Å². The van der Waals surface area contributed by atoms with Crippen molar-refractivity contribution in [3.63, 3.8) is 0 Å². The largest absolute Gasteiger partial charge is 0.468 e. The molecule has 0 aromatic heterocycles. The van der Waals surface area contributed by atoms with E-state index in [0.29, 0.717) is 6.04 Å². The van der Waals surface area contributed by atoms with Crippen molar-refractivity contribution in [2.24, 2.45) is 0 Å². The van der Waals surface area contributed by atoms with Gasteiger partial charge < -0.3 is 10.1 Å². The predicted molar refractivity (Wildman–Crippen MR) is 74.7 cm³/mol. The van der Waals surface area contributed by atoms with E-state index >= 15 is 0 Å². The summed E-state index contributed by atoms with van der Waals surface area (Å²) in [5.41, 5.74) is 1.22. The molecule has 0 saturated carbocycles. The number of methoxy groups -OCH3 is 1. The number of hydrogen-bond acceptors (Lipinski definition) is 4. The van der Waals surface area contributed by atoms with Gasteiger partial charge in [-0.15, -0.1) is 0 Å². The van der Waals surface area contributed by atoms with Gasteiger partial charge in [-0.25, -0.2) is 0 Å². The number of benzene rings is 1. The van der Waals surface area contributed by atoms with Crippen molar-refractivity contribution < 1.29 is 9.53 Å². The highest BCUT2D eigenvalue weighted by Crippen LogP contribution is 2.13. The molecule has 0 spiro atoms. The SMILES string of the molecule is COC(=O)C(C)N(Cc1ccccc1)CC1CCN1. The number of nitrogens with zero attached hydrogens (tertiary/aromatic N) is 1. The minimum atomic E-state index is -0.215. The maximum atomic E-state index is 11.7. The van der Waals surface area contributed by atoms with E-state index in [1.165, 1.54) is 19.1 Å². The van der Waals surface area contributed by atoms with Crippen LogP contribution in [-0.2, 0) is 16.1 Å². The summed E-state index contributed by atoms with van der Waals surface area (Å²) in [6.45, 7) is 4.64. The molecule has 19 heavy (non-hydrogen) atoms. The minimum Gasteiger partial charge on any atom is -0.468 e. The number of esters is 1. The summed E-state index contributed by atoms with van der Waals surface area (Å²) in [6, 6.07) is 10.5. The summed E-state index contributed by atoms with van der Waals surface area (Å²) >= 11 is 0. The highest BCUT2D eigenvalue weighted by Gasteiger charge is 2.27. The molecule has 1 saturated heterocycles. The monoisotopic (exact) mass is 262 g/mol. The third-order valence-corrected chi connectivity index (χ3v) is 3.70. The van der Waals surface area contributed by atoms with Crippen LogP contribution in [0.15, 0.2) is 30.3 Å². The molecule has 0 radical (unpaired) electrons. The summed E-state index contributed by atoms with van der Waals surface area (Å²) in [4.78, 5) is 13.9. The maximum absolute atomic E-state index is 11.7. The van der Waals surface area contributed by atoms with Crippen LogP contribution in [0.1, 0.15) is 18.9 Å². The molecule has 0 amide bonds. The van der Waals surface area contributed by atoms with Crippen molar-refractivity contribution in [3.05, 3.63) is 35.9 Å². The summed E-state index contributed by atoms with van der Waals surface area (Å²) in [6.07, 6.45) is 1.18. The van der Waals surface area contributed by atoms with E-state index in [1.54, 1.807) is 0 Å². The van der Waals surface area contributed by atoms with Crippen molar-refractivity contribution in [1.29, 1.82) is 0 Å². The smallest absolute Gasteiger partial charge is 0.322 e. The van der Waals surface area contributed by atoms with Crippen molar-refractivity contribution in [2.75, 3.05) is 20.2 Å². The molecule has 1 aromatic rings. The van der Waals surface area contributed by atoms with Gasteiger partial charge in [-0.3, -0.25) is 9.69 Å². The molecule has 4 heteroatoms. The average Bonchev–Trinajstić information content (AvgIpc) is 2.40. The molecular weight excluding hydrogens is 240 g/mol. The van der Waals surface area contributed by atoms with Gasteiger partial charge in [0.25, 0.3) is 0 Å². The van der Waals surface area contributed by atoms with E-state index in [9.17, 15) is 4.79 Å². The molecule has 1 N–H and O–H groups in total. The summed E-state index contributed by atoms with van der Waals surface area (Å²) in [5.74, 6) is -0.171. The number of hydrogen-bond donors (Lipinski definition) is 1. The molecule has 4 nitrogen and oxygen atoms in total. The summed E-state index contributed by atoms with van der Waals surface area (Å²) in [7, 11) is 1.45. The molecule has 1 fully saturated rings. The Morgan fingerprint density at radius 3 is 2.68 bits per heavy atom. The summed E-state index contributed by atoms with van der Waals surface area (Å²) in [5, 5.41) is 3.38. The third kappa shape index (κ3) is 3.78. The third-order valence-electron chi connectivity index (χ3n) is 3.70. The van der Waals surface area contributed by atoms with Gasteiger partial charge in [0.15, 0.2) is 0 Å². The van der Waals surface area contributed by atoms with Crippen LogP contribution < -0.4 is 5.32 Å². The van der Waals surface area contributed by atoms with E-state index in [-0.39, 0.29) is 12.0 Å². The van der Waals surface area contributed by atoms with Gasteiger partial charge >= 0.3 is 5.97 Å². The Morgan fingerprint density at radius 1 is 1.47 bits per heavy atom. The van der Waals surface area contributed by atoms with Crippen molar-refractivity contribution in [1.82, 2.24) is 10.2 Å². The van der Waals surface area contributed by atoms with Crippen LogP contribution in [0.2, 0.25) is 0 Å². The first-order valence-corrected chi connectivity index (χ1v) is 6.80. The van der Waals surface area contributed by atoms with Gasteiger partial charge in [-0.05, 0) is 25.5 Å². The highest BCUT2D eigenvalue weighted by atomic mass is 16.5. The van der Waals surface area contributed by atoms with Crippen LogP contribution in [0, 0.1) is 0 Å². The Labute approximate surface area is 114 Å². The fourth-order valence-corrected chi connectivity index (χ4v) is 2.28. The first-order chi connectivity index (χ1) is 9.20. The van der Waals surface area contributed by atoms with Gasteiger partial charge in [-0.1, -0.05) is 30.3 Å². The zero-order chi connectivity index (χ0) is 13.7. The minimum absolute atomic E-state index is 0.171. The van der Waals surface area contributed by atoms with E-state index in [0.717, 1.165) is 19.6 Å². The second-order valence-corrected chi connectivity index (χ2v) is 5.05. The normalized spacial score (nSPS) is 19.8. The number of nitrogens with one attached hydrogen (secondary N) is 1. The Morgan fingerprint density at radius 2 is 2.16 bits per heavy atom. The van der Waals surface area contributed by atoms with E-state index < -0.39 is 0 Å². The molecule has 1 heterocycles. The second-order valence-electron chi connectivity index (χ2n) is 5.05. The fraction of sp³-hybridized carbons (Fsp3) is 0.533. The Hall–Kier alpha value is -1.39. The lowest BCUT2D eigenvalue weighted by Gasteiger charge is -2.35. The molecule has 2 atom stereocenters. The van der Waals surface area contributed by atoms with Crippen LogP contribution in [0.5, 0.6) is 0 Å². The number of ether oxygens (including phenoxy) is 1. The van der Waals surface area contributed by atoms with Crippen molar-refractivity contribution in [3.8, 4) is 0 Å². The topological polar surface area (TPSA) is 41.6 Å². The molecule has 0 aliphatic carbocycles. The van der Waals surface area contributed by atoms with Crippen LogP contribution in [0.3, 0.4) is 0 Å². The molecule has 2 unspecified atom stereocenters. The zero-order valence-electron chi connectivity index (χ0n) is 11.6. The Balaban J connectivity index is 2.02. The Bertz CT molecular complexity index is 404. The summed E-state index contributed by atoms with van der Waals surface area (Å²) < 4.78 is 4.86. The fourth-order valence-electron chi connectivity index (χ4n) is 2.28. The van der Waals surface area contributed by atoms with E-state index in [4.69, 9.17) is 4.74 Å². The van der Waals surface area contributed by atoms with Gasteiger partial charge in [0.05, 0.1) is 7.11 Å². The van der Waals surface area contributed by atoms with Gasteiger partial charge in [-0.2, -0.15) is 0 Å². The number of rotatable bonds is 6. The van der Waals surface area contributed by atoms with Crippen molar-refractivity contribution in [2.45, 2.75) is 32.0 Å². The first-order valence-electron chi connectivity index (χ1n) is 6.80. The Kier molecular flexibility index (Phi) is 4.93. The van der Waals surface area contributed by atoms with Crippen molar-refractivity contribution >= 4 is 5.97 Å². The van der Waals surface area contributed by atoms with Gasteiger partial charge in [0.2, 0.25) is 0 Å². The number of carbonyl (C=O) groups is 1. The maximum Gasteiger partial charge on any atom is 0.322 e. The predicted octanol–water partition coefficient (Wildman–Crippen LogP) is 1.41. The van der Waals surface area contributed by atoms with Gasteiger partial charge in [0.1, 0.15) is 6.04 Å². The molecular formula is C15H22N2O2. The molecule has 0 bridgehead atoms. The van der Waals surface area contributed by atoms with E-state index in [1.807, 2.05) is 25.1 Å². The standard InChI is InChI=1S/C15H22N2O2/c1-12(15(18)19-2)17(11-14-8-9-16-14)10-13-6-4-3-5-7-13/h3-7,12,14,16H,8-11H2,1-2H3. The van der Waals surface area contributed by atoms with Crippen LogP contribution >= 0.6 is 0 Å². The zero-order valence-corrected chi connectivity index (χ0v) is 11.6. The first kappa shape index (κ1) is 14.0. The van der Waals surface area contributed by atoms with Gasteiger partial charge in [0, 0.05) is 19.1 Å².